The van der Waals surface area contributed by atoms with E-state index in [4.69, 9.17) is 19.4 Å². The van der Waals surface area contributed by atoms with E-state index in [0.717, 1.165) is 49.8 Å². The molecule has 0 spiro atoms. The number of rotatable bonds is 5. The Labute approximate surface area is 345 Å². The molecule has 12 rings (SSSR count). The van der Waals surface area contributed by atoms with Crippen molar-refractivity contribution in [3.8, 4) is 67.5 Å². The monoisotopic (exact) mass is 773 g/mol. The van der Waals surface area contributed by atoms with Crippen molar-refractivity contribution in [2.75, 3.05) is 0 Å². The van der Waals surface area contributed by atoms with Crippen molar-refractivity contribution in [2.24, 2.45) is 0 Å². The van der Waals surface area contributed by atoms with E-state index in [2.05, 4.69) is 159 Å². The van der Waals surface area contributed by atoms with Crippen LogP contribution in [0.5, 0.6) is 0 Å². The summed E-state index contributed by atoms with van der Waals surface area (Å²) in [7, 11) is 0. The summed E-state index contributed by atoms with van der Waals surface area (Å²) in [5.41, 5.74) is 14.4. The second-order valence-corrected chi connectivity index (χ2v) is 17.0. The van der Waals surface area contributed by atoms with E-state index in [9.17, 15) is 0 Å². The van der Waals surface area contributed by atoms with Crippen LogP contribution < -0.4 is 0 Å². The Morgan fingerprint density at radius 1 is 0.407 bits per heavy atom. The first-order valence-electron chi connectivity index (χ1n) is 20.0. The van der Waals surface area contributed by atoms with E-state index in [-0.39, 0.29) is 5.41 Å². The summed E-state index contributed by atoms with van der Waals surface area (Å²) >= 11 is 1.79. The number of hydrogen-bond donors (Lipinski definition) is 0. The second-order valence-electron chi connectivity index (χ2n) is 16.0. The lowest BCUT2D eigenvalue weighted by atomic mass is 9.78. The molecule has 1 aliphatic carbocycles. The summed E-state index contributed by atoms with van der Waals surface area (Å²) in [5.74, 6) is 1.87. The lowest BCUT2D eigenvalue weighted by molar-refractivity contribution is 0.662. The molecule has 59 heavy (non-hydrogen) atoms. The average molecular weight is 774 g/mol. The highest BCUT2D eigenvalue weighted by atomic mass is 32.1. The fourth-order valence-corrected chi connectivity index (χ4v) is 10.5. The first-order chi connectivity index (χ1) is 29.0. The molecule has 8 aromatic carbocycles. The van der Waals surface area contributed by atoms with Crippen LogP contribution in [0.4, 0.5) is 0 Å². The first-order valence-corrected chi connectivity index (χ1v) is 20.8. The van der Waals surface area contributed by atoms with Gasteiger partial charge in [0, 0.05) is 53.1 Å². The number of furan rings is 1. The maximum absolute atomic E-state index is 6.54. The molecule has 3 aromatic heterocycles. The van der Waals surface area contributed by atoms with Gasteiger partial charge in [-0.05, 0) is 80.9 Å². The molecule has 1 aliphatic rings. The van der Waals surface area contributed by atoms with Gasteiger partial charge >= 0.3 is 0 Å². The fourth-order valence-electron chi connectivity index (χ4n) is 9.35. The Bertz CT molecular complexity index is 3490. The van der Waals surface area contributed by atoms with Crippen molar-refractivity contribution >= 4 is 53.4 Å². The van der Waals surface area contributed by atoms with Gasteiger partial charge < -0.3 is 4.42 Å². The average Bonchev–Trinajstić information content (AvgIpc) is 3.93. The SMILES string of the molecule is CC1(C)c2ccccc2-c2cccc(-c3cccc(-c4ccc5oc6cccc(-c7nc(-c8ccccc8)nc(-c8ccc9c(c8)sc8ccccc89)n7)c6c5c4)c3)c21. The number of thiophene rings is 1. The summed E-state index contributed by atoms with van der Waals surface area (Å²) in [6.07, 6.45) is 0. The van der Waals surface area contributed by atoms with E-state index in [1.165, 1.54) is 53.6 Å². The van der Waals surface area contributed by atoms with Crippen molar-refractivity contribution < 1.29 is 4.42 Å². The molecule has 0 saturated heterocycles. The third-order valence-corrected chi connectivity index (χ3v) is 13.3. The van der Waals surface area contributed by atoms with E-state index < -0.39 is 0 Å². The zero-order chi connectivity index (χ0) is 39.2. The third-order valence-electron chi connectivity index (χ3n) is 12.1. The van der Waals surface area contributed by atoms with Gasteiger partial charge in [-0.3, -0.25) is 0 Å². The number of fused-ring (bicyclic) bond motifs is 9. The van der Waals surface area contributed by atoms with Crippen LogP contribution in [-0.4, -0.2) is 15.0 Å². The summed E-state index contributed by atoms with van der Waals surface area (Å²) in [5, 5.41) is 4.51. The zero-order valence-corrected chi connectivity index (χ0v) is 33.2. The Balaban J connectivity index is 1.00. The summed E-state index contributed by atoms with van der Waals surface area (Å²) in [6.45, 7) is 4.70. The van der Waals surface area contributed by atoms with Crippen LogP contribution in [0.25, 0.3) is 110 Å². The maximum atomic E-state index is 6.54. The molecular weight excluding hydrogens is 739 g/mol. The van der Waals surface area contributed by atoms with Crippen molar-refractivity contribution in [1.82, 2.24) is 15.0 Å². The van der Waals surface area contributed by atoms with E-state index >= 15 is 0 Å². The summed E-state index contributed by atoms with van der Waals surface area (Å²) < 4.78 is 9.01. The van der Waals surface area contributed by atoms with Crippen LogP contribution in [0.15, 0.2) is 180 Å². The molecule has 0 atom stereocenters. The van der Waals surface area contributed by atoms with Crippen LogP contribution in [0, 0.1) is 0 Å². The predicted octanol–water partition coefficient (Wildman–Crippen LogP) is 14.8. The normalized spacial score (nSPS) is 13.1. The van der Waals surface area contributed by atoms with Crippen molar-refractivity contribution in [3.63, 3.8) is 0 Å². The Hall–Kier alpha value is -7.21. The standard InChI is InChI=1S/C54H35N3OS/c1-54(2)44-22-8-6-17-38(44)41-20-11-19-37(50(41)54)35-16-10-15-33(29-35)34-26-28-45-43(30-34)49-42(21-12-23-46(49)58-45)53-56-51(32-13-4-3-5-14-32)55-52(57-53)36-25-27-40-39-18-7-9-24-47(39)59-48(40)31-36/h3-31H,1-2H3. The van der Waals surface area contributed by atoms with Crippen LogP contribution in [0.3, 0.4) is 0 Å². The highest BCUT2D eigenvalue weighted by Gasteiger charge is 2.37. The molecule has 0 saturated carbocycles. The number of aromatic nitrogens is 3. The van der Waals surface area contributed by atoms with Crippen molar-refractivity contribution in [2.45, 2.75) is 19.3 Å². The minimum atomic E-state index is -0.107. The zero-order valence-electron chi connectivity index (χ0n) is 32.4. The minimum Gasteiger partial charge on any atom is -0.456 e. The topological polar surface area (TPSA) is 51.8 Å². The highest BCUT2D eigenvalue weighted by Crippen LogP contribution is 2.52. The van der Waals surface area contributed by atoms with Crippen molar-refractivity contribution in [3.05, 3.63) is 187 Å². The molecular formula is C54H35N3OS. The number of benzene rings is 8. The summed E-state index contributed by atoms with van der Waals surface area (Å²) in [4.78, 5) is 15.4. The Morgan fingerprint density at radius 2 is 1.05 bits per heavy atom. The molecule has 0 fully saturated rings. The van der Waals surface area contributed by atoms with Gasteiger partial charge in [-0.2, -0.15) is 0 Å². The minimum absolute atomic E-state index is 0.107. The van der Waals surface area contributed by atoms with E-state index in [1.807, 2.05) is 30.3 Å². The van der Waals surface area contributed by atoms with Crippen molar-refractivity contribution in [1.29, 1.82) is 0 Å². The van der Waals surface area contributed by atoms with Crippen LogP contribution >= 0.6 is 11.3 Å². The smallest absolute Gasteiger partial charge is 0.164 e. The van der Waals surface area contributed by atoms with Gasteiger partial charge in [0.15, 0.2) is 17.5 Å². The maximum Gasteiger partial charge on any atom is 0.164 e. The molecule has 0 aliphatic heterocycles. The Morgan fingerprint density at radius 3 is 1.97 bits per heavy atom. The van der Waals surface area contributed by atoms with E-state index in [0.29, 0.717) is 17.5 Å². The quantitative estimate of drug-likeness (QED) is 0.175. The lowest BCUT2D eigenvalue weighted by Crippen LogP contribution is -2.16. The van der Waals surface area contributed by atoms with Crippen LogP contribution in [-0.2, 0) is 5.41 Å². The molecule has 3 heterocycles. The van der Waals surface area contributed by atoms with Gasteiger partial charge in [-0.25, -0.2) is 15.0 Å². The number of nitrogens with zero attached hydrogens (tertiary/aromatic N) is 3. The lowest BCUT2D eigenvalue weighted by Gasteiger charge is -2.24. The van der Waals surface area contributed by atoms with Crippen LogP contribution in [0.1, 0.15) is 25.0 Å². The summed E-state index contributed by atoms with van der Waals surface area (Å²) in [6, 6.07) is 62.5. The molecule has 11 aromatic rings. The molecule has 4 nitrogen and oxygen atoms in total. The van der Waals surface area contributed by atoms with Gasteiger partial charge in [0.2, 0.25) is 0 Å². The number of hydrogen-bond acceptors (Lipinski definition) is 5. The molecule has 278 valence electrons. The largest absolute Gasteiger partial charge is 0.456 e. The molecule has 0 N–H and O–H groups in total. The molecule has 5 heteroatoms. The predicted molar refractivity (Wildman–Crippen MR) is 245 cm³/mol. The van der Waals surface area contributed by atoms with Crippen LogP contribution in [0.2, 0.25) is 0 Å². The molecule has 0 bridgehead atoms. The van der Waals surface area contributed by atoms with Gasteiger partial charge in [0.1, 0.15) is 11.2 Å². The van der Waals surface area contributed by atoms with E-state index in [1.54, 1.807) is 11.3 Å². The van der Waals surface area contributed by atoms with Gasteiger partial charge in [0.25, 0.3) is 0 Å². The highest BCUT2D eigenvalue weighted by molar-refractivity contribution is 7.25. The van der Waals surface area contributed by atoms with Gasteiger partial charge in [-0.1, -0.05) is 153 Å². The first kappa shape index (κ1) is 33.9. The molecule has 0 amide bonds. The molecule has 0 unspecified atom stereocenters. The second kappa shape index (κ2) is 12.9. The van der Waals surface area contributed by atoms with Gasteiger partial charge in [0.05, 0.1) is 0 Å². The fraction of sp³-hybridized carbons (Fsp3) is 0.0556. The Kier molecular flexibility index (Phi) is 7.41. The van der Waals surface area contributed by atoms with Gasteiger partial charge in [-0.15, -0.1) is 11.3 Å². The third kappa shape index (κ3) is 5.32. The molecule has 0 radical (unpaired) electrons.